The summed E-state index contributed by atoms with van der Waals surface area (Å²) >= 11 is 0. The lowest BCUT2D eigenvalue weighted by atomic mass is 9.94. The Balaban J connectivity index is 1.87. The molecule has 1 aliphatic rings. The highest BCUT2D eigenvalue weighted by Crippen LogP contribution is 2.22. The molecule has 0 spiro atoms. The number of terminal acetylenes is 1. The molecular formula is C23H34N2O2. The maximum absolute atomic E-state index is 10.4. The summed E-state index contributed by atoms with van der Waals surface area (Å²) in [5, 5.41) is 10.4. The van der Waals surface area contributed by atoms with Crippen molar-refractivity contribution in [3.63, 3.8) is 0 Å². The number of nitrogens with zero attached hydrogens (tertiary/aromatic N) is 2. The molecule has 1 atom stereocenters. The standard InChI is InChI=1S/C23H34N2O2/c1-4-15-25(16-5-2)17-20-11-9-10-14-23(20)27-19-22(26)18-24(3)21-12-7-6-8-13-21/h1,5,9-11,14,21-22,26H,2,6-8,12-13,15-19H2,3H3/t22-/m0/s1. The Hall–Kier alpha value is -1.80. The topological polar surface area (TPSA) is 35.9 Å². The molecule has 148 valence electrons. The van der Waals surface area contributed by atoms with Crippen LogP contribution < -0.4 is 4.74 Å². The van der Waals surface area contributed by atoms with Gasteiger partial charge in [0.15, 0.2) is 0 Å². The van der Waals surface area contributed by atoms with E-state index in [1.54, 1.807) is 0 Å². The Bertz CT molecular complexity index is 605. The average Bonchev–Trinajstić information content (AvgIpc) is 2.68. The Labute approximate surface area is 164 Å². The maximum atomic E-state index is 10.4. The Morgan fingerprint density at radius 2 is 2.07 bits per heavy atom. The molecule has 1 fully saturated rings. The zero-order chi connectivity index (χ0) is 19.5. The van der Waals surface area contributed by atoms with Crippen LogP contribution in [0, 0.1) is 12.3 Å². The van der Waals surface area contributed by atoms with E-state index in [0.29, 0.717) is 32.3 Å². The Kier molecular flexibility index (Phi) is 9.41. The lowest BCUT2D eigenvalue weighted by Crippen LogP contribution is -2.40. The highest BCUT2D eigenvalue weighted by Gasteiger charge is 2.20. The fourth-order valence-corrected chi connectivity index (χ4v) is 3.75. The summed E-state index contributed by atoms with van der Waals surface area (Å²) in [5.74, 6) is 3.50. The smallest absolute Gasteiger partial charge is 0.123 e. The Morgan fingerprint density at radius 3 is 2.78 bits per heavy atom. The van der Waals surface area contributed by atoms with Crippen LogP contribution in [-0.4, -0.2) is 60.3 Å². The molecule has 1 aliphatic carbocycles. The molecule has 0 bridgehead atoms. The molecule has 0 amide bonds. The number of aliphatic hydroxyl groups excluding tert-OH is 1. The van der Waals surface area contributed by atoms with Crippen LogP contribution in [0.25, 0.3) is 0 Å². The molecule has 4 nitrogen and oxygen atoms in total. The molecule has 1 N–H and O–H groups in total. The van der Waals surface area contributed by atoms with Crippen LogP contribution in [0.4, 0.5) is 0 Å². The van der Waals surface area contributed by atoms with Gasteiger partial charge in [-0.1, -0.05) is 49.5 Å². The van der Waals surface area contributed by atoms with E-state index in [9.17, 15) is 5.11 Å². The van der Waals surface area contributed by atoms with Gasteiger partial charge in [-0.2, -0.15) is 0 Å². The van der Waals surface area contributed by atoms with E-state index in [1.807, 2.05) is 30.3 Å². The first-order valence-electron chi connectivity index (χ1n) is 9.99. The third-order valence-corrected chi connectivity index (χ3v) is 5.20. The molecular weight excluding hydrogens is 336 g/mol. The van der Waals surface area contributed by atoms with Crippen molar-refractivity contribution < 1.29 is 9.84 Å². The maximum Gasteiger partial charge on any atom is 0.123 e. The van der Waals surface area contributed by atoms with E-state index in [2.05, 4.69) is 29.3 Å². The first-order valence-corrected chi connectivity index (χ1v) is 9.99. The van der Waals surface area contributed by atoms with Crippen LogP contribution in [-0.2, 0) is 6.54 Å². The van der Waals surface area contributed by atoms with Crippen molar-refractivity contribution in [3.8, 4) is 18.1 Å². The number of ether oxygens (including phenoxy) is 1. The number of para-hydroxylation sites is 1. The first kappa shape index (κ1) is 21.5. The molecule has 4 heteroatoms. The normalized spacial score (nSPS) is 16.3. The minimum absolute atomic E-state index is 0.296. The second-order valence-electron chi connectivity index (χ2n) is 7.47. The van der Waals surface area contributed by atoms with E-state index < -0.39 is 6.10 Å². The summed E-state index contributed by atoms with van der Waals surface area (Å²) in [6.07, 6.45) is 13.2. The number of benzene rings is 1. The van der Waals surface area contributed by atoms with E-state index in [4.69, 9.17) is 11.2 Å². The van der Waals surface area contributed by atoms with Gasteiger partial charge in [-0.05, 0) is 26.0 Å². The lowest BCUT2D eigenvalue weighted by molar-refractivity contribution is 0.0557. The van der Waals surface area contributed by atoms with Gasteiger partial charge in [-0.25, -0.2) is 0 Å². The van der Waals surface area contributed by atoms with Gasteiger partial charge < -0.3 is 14.7 Å². The first-order chi connectivity index (χ1) is 13.1. The molecule has 1 aromatic rings. The molecule has 0 unspecified atom stereocenters. The van der Waals surface area contributed by atoms with Crippen LogP contribution in [0.3, 0.4) is 0 Å². The SMILES string of the molecule is C#CCN(CC=C)Cc1ccccc1OC[C@@H](O)CN(C)C1CCCCC1. The van der Waals surface area contributed by atoms with Gasteiger partial charge in [0.2, 0.25) is 0 Å². The quantitative estimate of drug-likeness (QED) is 0.479. The van der Waals surface area contributed by atoms with Crippen molar-refractivity contribution in [2.75, 3.05) is 33.3 Å². The number of hydrogen-bond acceptors (Lipinski definition) is 4. The monoisotopic (exact) mass is 370 g/mol. The van der Waals surface area contributed by atoms with Crippen molar-refractivity contribution in [2.24, 2.45) is 0 Å². The molecule has 1 aromatic carbocycles. The van der Waals surface area contributed by atoms with Gasteiger partial charge in [-0.15, -0.1) is 13.0 Å². The Morgan fingerprint density at radius 1 is 1.33 bits per heavy atom. The molecule has 0 aliphatic heterocycles. The van der Waals surface area contributed by atoms with Gasteiger partial charge in [-0.3, -0.25) is 4.90 Å². The molecule has 1 saturated carbocycles. The highest BCUT2D eigenvalue weighted by atomic mass is 16.5. The fraction of sp³-hybridized carbons (Fsp3) is 0.565. The van der Waals surface area contributed by atoms with Crippen molar-refractivity contribution >= 4 is 0 Å². The highest BCUT2D eigenvalue weighted by molar-refractivity contribution is 5.33. The number of aliphatic hydroxyl groups is 1. The summed E-state index contributed by atoms with van der Waals surface area (Å²) in [6, 6.07) is 8.55. The third-order valence-electron chi connectivity index (χ3n) is 5.20. The van der Waals surface area contributed by atoms with Crippen LogP contribution in [0.15, 0.2) is 36.9 Å². The van der Waals surface area contributed by atoms with Gasteiger partial charge in [0.1, 0.15) is 18.5 Å². The summed E-state index contributed by atoms with van der Waals surface area (Å²) in [6.45, 7) is 6.73. The van der Waals surface area contributed by atoms with E-state index in [1.165, 1.54) is 32.1 Å². The van der Waals surface area contributed by atoms with Crippen LogP contribution >= 0.6 is 0 Å². The predicted octanol–water partition coefficient (Wildman–Crippen LogP) is 3.31. The van der Waals surface area contributed by atoms with Gasteiger partial charge >= 0.3 is 0 Å². The number of rotatable bonds is 11. The molecule has 0 aromatic heterocycles. The van der Waals surface area contributed by atoms with Crippen LogP contribution in [0.5, 0.6) is 5.75 Å². The van der Waals surface area contributed by atoms with E-state index >= 15 is 0 Å². The van der Waals surface area contributed by atoms with E-state index in [0.717, 1.165) is 17.9 Å². The molecule has 0 heterocycles. The van der Waals surface area contributed by atoms with Crippen LogP contribution in [0.1, 0.15) is 37.7 Å². The lowest BCUT2D eigenvalue weighted by Gasteiger charge is -2.32. The zero-order valence-corrected chi connectivity index (χ0v) is 16.6. The van der Waals surface area contributed by atoms with Crippen molar-refractivity contribution in [2.45, 2.75) is 50.8 Å². The summed E-state index contributed by atoms with van der Waals surface area (Å²) in [7, 11) is 2.11. The van der Waals surface area contributed by atoms with Crippen LogP contribution in [0.2, 0.25) is 0 Å². The van der Waals surface area contributed by atoms with Gasteiger partial charge in [0.25, 0.3) is 0 Å². The number of likely N-dealkylation sites (N-methyl/N-ethyl adjacent to an activating group) is 1. The average molecular weight is 371 g/mol. The second kappa shape index (κ2) is 11.8. The summed E-state index contributed by atoms with van der Waals surface area (Å²) < 4.78 is 5.96. The van der Waals surface area contributed by atoms with Gasteiger partial charge in [0, 0.05) is 31.2 Å². The summed E-state index contributed by atoms with van der Waals surface area (Å²) in [5.41, 5.74) is 1.07. The molecule has 27 heavy (non-hydrogen) atoms. The van der Waals surface area contributed by atoms with Crippen molar-refractivity contribution in [1.29, 1.82) is 0 Å². The fourth-order valence-electron chi connectivity index (χ4n) is 3.75. The van der Waals surface area contributed by atoms with Gasteiger partial charge in [0.05, 0.1) is 6.54 Å². The minimum Gasteiger partial charge on any atom is -0.491 e. The van der Waals surface area contributed by atoms with E-state index in [-0.39, 0.29) is 0 Å². The minimum atomic E-state index is -0.500. The largest absolute Gasteiger partial charge is 0.491 e. The number of hydrogen-bond donors (Lipinski definition) is 1. The second-order valence-corrected chi connectivity index (χ2v) is 7.47. The molecule has 0 radical (unpaired) electrons. The predicted molar refractivity (Wildman–Crippen MR) is 112 cm³/mol. The van der Waals surface area contributed by atoms with Crippen molar-refractivity contribution in [1.82, 2.24) is 9.80 Å². The summed E-state index contributed by atoms with van der Waals surface area (Å²) in [4.78, 5) is 4.42. The third kappa shape index (κ3) is 7.38. The zero-order valence-electron chi connectivity index (χ0n) is 16.6. The molecule has 0 saturated heterocycles. The van der Waals surface area contributed by atoms with Crippen molar-refractivity contribution in [3.05, 3.63) is 42.5 Å². The molecule has 2 rings (SSSR count).